The molecule has 3 heterocycles. The van der Waals surface area contributed by atoms with Gasteiger partial charge >= 0.3 is 0 Å². The first-order chi connectivity index (χ1) is 17.0. The summed E-state index contributed by atoms with van der Waals surface area (Å²) in [7, 11) is 0. The Hall–Kier alpha value is -4.52. The van der Waals surface area contributed by atoms with Gasteiger partial charge in [-0.1, -0.05) is 36.4 Å². The van der Waals surface area contributed by atoms with Crippen LogP contribution in [0.4, 0.5) is 0 Å². The Bertz CT molecular complexity index is 1520. The van der Waals surface area contributed by atoms with E-state index in [1.54, 1.807) is 30.5 Å². The highest BCUT2D eigenvalue weighted by molar-refractivity contribution is 6.10. The number of ketones is 1. The number of rotatable bonds is 7. The average Bonchev–Trinajstić information content (AvgIpc) is 3.43. The lowest BCUT2D eigenvalue weighted by Gasteiger charge is -2.05. The molecule has 7 heteroatoms. The van der Waals surface area contributed by atoms with E-state index in [0.29, 0.717) is 41.1 Å². The molecule has 1 amide bonds. The summed E-state index contributed by atoms with van der Waals surface area (Å²) >= 11 is 0. The van der Waals surface area contributed by atoms with E-state index in [1.807, 2.05) is 56.3 Å². The van der Waals surface area contributed by atoms with E-state index < -0.39 is 0 Å². The zero-order valence-corrected chi connectivity index (χ0v) is 19.6. The highest BCUT2D eigenvalue weighted by Crippen LogP contribution is 2.29. The summed E-state index contributed by atoms with van der Waals surface area (Å²) in [6.45, 7) is 4.32. The third-order valence-corrected chi connectivity index (χ3v) is 6.08. The van der Waals surface area contributed by atoms with Crippen molar-refractivity contribution >= 4 is 22.7 Å². The standard InChI is InChI=1S/C28H25N5O2/c1-17-24(18(2)31-25(17)28(35)30-15-13-21-10-6-7-14-29-21)27-32-22-12-11-20(16-23(22)33-27)26(34)19-8-4-3-5-9-19/h3-12,14,16,31H,13,15H2,1-2H3,(H,30,35)(H,32,33). The van der Waals surface area contributed by atoms with Crippen LogP contribution >= 0.6 is 0 Å². The van der Waals surface area contributed by atoms with E-state index in [-0.39, 0.29) is 11.7 Å². The van der Waals surface area contributed by atoms with Crippen molar-refractivity contribution in [3.05, 3.63) is 107 Å². The maximum atomic E-state index is 12.8. The fourth-order valence-electron chi connectivity index (χ4n) is 4.29. The number of carbonyl (C=O) groups is 2. The van der Waals surface area contributed by atoms with Gasteiger partial charge in [0.25, 0.3) is 5.91 Å². The fraction of sp³-hybridized carbons (Fsp3) is 0.143. The van der Waals surface area contributed by atoms with Crippen molar-refractivity contribution in [1.29, 1.82) is 0 Å². The minimum Gasteiger partial charge on any atom is -0.354 e. The summed E-state index contributed by atoms with van der Waals surface area (Å²) < 4.78 is 0. The molecule has 0 saturated carbocycles. The summed E-state index contributed by atoms with van der Waals surface area (Å²) in [6.07, 6.45) is 2.40. The maximum absolute atomic E-state index is 12.8. The van der Waals surface area contributed by atoms with Gasteiger partial charge in [-0.15, -0.1) is 0 Å². The molecule has 0 atom stereocenters. The molecule has 0 aliphatic rings. The van der Waals surface area contributed by atoms with Gasteiger partial charge in [-0.3, -0.25) is 14.6 Å². The van der Waals surface area contributed by atoms with Gasteiger partial charge in [-0.2, -0.15) is 0 Å². The lowest BCUT2D eigenvalue weighted by Crippen LogP contribution is -2.26. The molecule has 0 unspecified atom stereocenters. The van der Waals surface area contributed by atoms with Gasteiger partial charge < -0.3 is 15.3 Å². The van der Waals surface area contributed by atoms with Crippen LogP contribution in [0.1, 0.15) is 43.4 Å². The number of hydrogen-bond acceptors (Lipinski definition) is 4. The largest absolute Gasteiger partial charge is 0.354 e. The molecule has 3 aromatic heterocycles. The number of aromatic nitrogens is 4. The number of benzene rings is 2. The predicted molar refractivity (Wildman–Crippen MR) is 136 cm³/mol. The normalized spacial score (nSPS) is 11.0. The van der Waals surface area contributed by atoms with Crippen LogP contribution in [0.25, 0.3) is 22.4 Å². The van der Waals surface area contributed by atoms with Crippen molar-refractivity contribution in [2.75, 3.05) is 6.54 Å². The second kappa shape index (κ2) is 9.38. The molecular formula is C28H25N5O2. The highest BCUT2D eigenvalue weighted by atomic mass is 16.2. The average molecular weight is 464 g/mol. The lowest BCUT2D eigenvalue weighted by molar-refractivity contribution is 0.0948. The van der Waals surface area contributed by atoms with Crippen molar-refractivity contribution in [3.8, 4) is 11.4 Å². The second-order valence-corrected chi connectivity index (χ2v) is 8.46. The summed E-state index contributed by atoms with van der Waals surface area (Å²) in [5.74, 6) is 0.443. The number of aromatic amines is 2. The van der Waals surface area contributed by atoms with Gasteiger partial charge in [0.15, 0.2) is 5.78 Å². The zero-order chi connectivity index (χ0) is 24.4. The van der Waals surface area contributed by atoms with E-state index in [0.717, 1.165) is 28.0 Å². The number of hydrogen-bond donors (Lipinski definition) is 3. The lowest BCUT2D eigenvalue weighted by atomic mass is 10.0. The molecule has 0 bridgehead atoms. The van der Waals surface area contributed by atoms with Crippen molar-refractivity contribution < 1.29 is 9.59 Å². The van der Waals surface area contributed by atoms with Crippen LogP contribution in [0.5, 0.6) is 0 Å². The number of fused-ring (bicyclic) bond motifs is 1. The van der Waals surface area contributed by atoms with E-state index in [4.69, 9.17) is 4.98 Å². The number of nitrogens with zero attached hydrogens (tertiary/aromatic N) is 2. The maximum Gasteiger partial charge on any atom is 0.268 e. The molecule has 35 heavy (non-hydrogen) atoms. The first kappa shape index (κ1) is 22.3. The number of carbonyl (C=O) groups excluding carboxylic acids is 2. The van der Waals surface area contributed by atoms with E-state index in [2.05, 4.69) is 20.3 Å². The topological polar surface area (TPSA) is 104 Å². The van der Waals surface area contributed by atoms with Gasteiger partial charge in [0.1, 0.15) is 11.5 Å². The van der Waals surface area contributed by atoms with Crippen LogP contribution in [0.2, 0.25) is 0 Å². The monoisotopic (exact) mass is 463 g/mol. The quantitative estimate of drug-likeness (QED) is 0.302. The number of H-pyrrole nitrogens is 2. The SMILES string of the molecule is Cc1[nH]c(C(=O)NCCc2ccccn2)c(C)c1-c1nc2cc(C(=O)c3ccccc3)ccc2[nH]1. The molecule has 0 aliphatic carbocycles. The van der Waals surface area contributed by atoms with Crippen molar-refractivity contribution in [3.63, 3.8) is 0 Å². The molecule has 2 aromatic carbocycles. The van der Waals surface area contributed by atoms with Crippen LogP contribution in [0, 0.1) is 13.8 Å². The minimum absolute atomic E-state index is 0.0456. The summed E-state index contributed by atoms with van der Waals surface area (Å²) in [5, 5.41) is 2.96. The third kappa shape index (κ3) is 4.48. The van der Waals surface area contributed by atoms with Crippen molar-refractivity contribution in [2.24, 2.45) is 0 Å². The van der Waals surface area contributed by atoms with E-state index in [1.165, 1.54) is 0 Å². The molecule has 5 aromatic rings. The predicted octanol–water partition coefficient (Wildman–Crippen LogP) is 4.77. The molecule has 0 radical (unpaired) electrons. The van der Waals surface area contributed by atoms with Crippen LogP contribution in [-0.4, -0.2) is 38.2 Å². The molecule has 0 spiro atoms. The number of nitrogens with one attached hydrogen (secondary N) is 3. The van der Waals surface area contributed by atoms with Gasteiger partial charge in [-0.25, -0.2) is 4.98 Å². The zero-order valence-electron chi connectivity index (χ0n) is 19.6. The van der Waals surface area contributed by atoms with E-state index >= 15 is 0 Å². The molecular weight excluding hydrogens is 438 g/mol. The molecule has 0 fully saturated rings. The second-order valence-electron chi connectivity index (χ2n) is 8.46. The Morgan fingerprint density at radius 1 is 0.914 bits per heavy atom. The van der Waals surface area contributed by atoms with Gasteiger partial charge in [0, 0.05) is 47.2 Å². The number of pyridine rings is 1. The summed E-state index contributed by atoms with van der Waals surface area (Å²) in [5.41, 5.74) is 6.70. The number of imidazole rings is 1. The fourth-order valence-corrected chi connectivity index (χ4v) is 4.29. The summed E-state index contributed by atoms with van der Waals surface area (Å²) in [4.78, 5) is 41.3. The minimum atomic E-state index is -0.167. The summed E-state index contributed by atoms with van der Waals surface area (Å²) in [6, 6.07) is 20.4. The Balaban J connectivity index is 1.37. The molecule has 0 aliphatic heterocycles. The Labute approximate surface area is 202 Å². The van der Waals surface area contributed by atoms with Crippen LogP contribution in [-0.2, 0) is 6.42 Å². The number of amides is 1. The highest BCUT2D eigenvalue weighted by Gasteiger charge is 2.21. The van der Waals surface area contributed by atoms with E-state index in [9.17, 15) is 9.59 Å². The van der Waals surface area contributed by atoms with Crippen LogP contribution in [0.3, 0.4) is 0 Å². The van der Waals surface area contributed by atoms with Crippen molar-refractivity contribution in [1.82, 2.24) is 25.3 Å². The molecule has 3 N–H and O–H groups in total. The Morgan fingerprint density at radius 3 is 2.49 bits per heavy atom. The van der Waals surface area contributed by atoms with Gasteiger partial charge in [-0.05, 0) is 49.7 Å². The Kier molecular flexibility index (Phi) is 5.97. The van der Waals surface area contributed by atoms with Gasteiger partial charge in [0.2, 0.25) is 0 Å². The van der Waals surface area contributed by atoms with Crippen LogP contribution in [0.15, 0.2) is 72.9 Å². The molecule has 7 nitrogen and oxygen atoms in total. The first-order valence-electron chi connectivity index (χ1n) is 11.5. The van der Waals surface area contributed by atoms with Gasteiger partial charge in [0.05, 0.1) is 11.0 Å². The Morgan fingerprint density at radius 2 is 1.71 bits per heavy atom. The number of aryl methyl sites for hydroxylation is 1. The molecule has 174 valence electrons. The van der Waals surface area contributed by atoms with Crippen molar-refractivity contribution in [2.45, 2.75) is 20.3 Å². The first-order valence-corrected chi connectivity index (χ1v) is 11.5. The smallest absolute Gasteiger partial charge is 0.268 e. The third-order valence-electron chi connectivity index (χ3n) is 6.08. The molecule has 0 saturated heterocycles. The van der Waals surface area contributed by atoms with Crippen LogP contribution < -0.4 is 5.32 Å². The molecule has 5 rings (SSSR count).